The number of amides is 2. The lowest BCUT2D eigenvalue weighted by Crippen LogP contribution is -2.26. The number of carbonyl (C=O) groups excluding carboxylic acids is 3. The highest BCUT2D eigenvalue weighted by Gasteiger charge is 2.12. The maximum Gasteiger partial charge on any atom is 0.306 e. The van der Waals surface area contributed by atoms with Crippen LogP contribution in [-0.2, 0) is 20.7 Å². The first kappa shape index (κ1) is 24.7. The van der Waals surface area contributed by atoms with Crippen LogP contribution in [0.15, 0.2) is 84.9 Å². The molecule has 0 spiro atoms. The molecular formula is C28H30N2O4. The van der Waals surface area contributed by atoms with Crippen molar-refractivity contribution in [1.29, 1.82) is 0 Å². The van der Waals surface area contributed by atoms with E-state index in [-0.39, 0.29) is 36.7 Å². The highest BCUT2D eigenvalue weighted by molar-refractivity contribution is 5.96. The van der Waals surface area contributed by atoms with E-state index in [9.17, 15) is 14.4 Å². The number of benzene rings is 3. The molecule has 0 fully saturated rings. The van der Waals surface area contributed by atoms with Gasteiger partial charge in [0.05, 0.1) is 19.1 Å². The number of esters is 1. The van der Waals surface area contributed by atoms with Crippen LogP contribution in [0, 0.1) is 0 Å². The van der Waals surface area contributed by atoms with Crippen LogP contribution in [0.25, 0.3) is 0 Å². The van der Waals surface area contributed by atoms with Crippen molar-refractivity contribution in [3.05, 3.63) is 102 Å². The highest BCUT2D eigenvalue weighted by Crippen LogP contribution is 2.14. The molecule has 3 aromatic carbocycles. The van der Waals surface area contributed by atoms with E-state index in [0.29, 0.717) is 17.9 Å². The Labute approximate surface area is 200 Å². The Morgan fingerprint density at radius 2 is 1.47 bits per heavy atom. The Hall–Kier alpha value is -3.93. The molecule has 0 aromatic heterocycles. The molecule has 6 nitrogen and oxygen atoms in total. The summed E-state index contributed by atoms with van der Waals surface area (Å²) in [4.78, 5) is 36.5. The maximum absolute atomic E-state index is 12.5. The van der Waals surface area contributed by atoms with Crippen LogP contribution < -0.4 is 10.6 Å². The van der Waals surface area contributed by atoms with Gasteiger partial charge in [-0.3, -0.25) is 14.4 Å². The lowest BCUT2D eigenvalue weighted by molar-refractivity contribution is -0.144. The van der Waals surface area contributed by atoms with E-state index in [0.717, 1.165) is 18.4 Å². The number of ether oxygens (including phenoxy) is 1. The normalized spacial score (nSPS) is 11.3. The molecule has 0 aliphatic heterocycles. The first-order chi connectivity index (χ1) is 16.5. The summed E-state index contributed by atoms with van der Waals surface area (Å²) in [6.45, 7) is 2.26. The van der Waals surface area contributed by atoms with E-state index in [1.54, 1.807) is 24.3 Å². The minimum absolute atomic E-state index is 0.0229. The van der Waals surface area contributed by atoms with Gasteiger partial charge in [0.25, 0.3) is 5.91 Å². The van der Waals surface area contributed by atoms with Crippen LogP contribution >= 0.6 is 0 Å². The average molecular weight is 459 g/mol. The molecule has 3 aromatic rings. The predicted molar refractivity (Wildman–Crippen MR) is 132 cm³/mol. The van der Waals surface area contributed by atoms with E-state index in [2.05, 4.69) is 10.6 Å². The number of aryl methyl sites for hydroxylation is 1. The average Bonchev–Trinajstić information content (AvgIpc) is 2.87. The first-order valence-electron chi connectivity index (χ1n) is 11.5. The molecule has 0 radical (unpaired) electrons. The quantitative estimate of drug-likeness (QED) is 0.310. The fourth-order valence-corrected chi connectivity index (χ4v) is 3.43. The summed E-state index contributed by atoms with van der Waals surface area (Å²) in [5, 5.41) is 5.70. The molecule has 0 saturated heterocycles. The molecule has 1 atom stereocenters. The Morgan fingerprint density at radius 3 is 2.15 bits per heavy atom. The summed E-state index contributed by atoms with van der Waals surface area (Å²) in [5.74, 6) is -0.858. The van der Waals surface area contributed by atoms with Gasteiger partial charge in [-0.1, -0.05) is 60.7 Å². The summed E-state index contributed by atoms with van der Waals surface area (Å²) in [6, 6.07) is 26.3. The second kappa shape index (κ2) is 12.9. The van der Waals surface area contributed by atoms with Crippen molar-refractivity contribution in [2.45, 2.75) is 38.6 Å². The predicted octanol–water partition coefficient (Wildman–Crippen LogP) is 5.07. The molecule has 3 rings (SSSR count). The van der Waals surface area contributed by atoms with Crippen LogP contribution in [0.1, 0.15) is 53.7 Å². The smallest absolute Gasteiger partial charge is 0.306 e. The molecule has 2 N–H and O–H groups in total. The van der Waals surface area contributed by atoms with Crippen molar-refractivity contribution in [3.8, 4) is 0 Å². The van der Waals surface area contributed by atoms with Crippen LogP contribution in [-0.4, -0.2) is 24.4 Å². The van der Waals surface area contributed by atoms with E-state index in [1.165, 1.54) is 5.56 Å². The van der Waals surface area contributed by atoms with Gasteiger partial charge >= 0.3 is 5.97 Å². The van der Waals surface area contributed by atoms with E-state index in [1.807, 2.05) is 67.6 Å². The number of hydrogen-bond donors (Lipinski definition) is 2. The molecule has 2 amide bonds. The molecule has 176 valence electrons. The molecule has 1 unspecified atom stereocenters. The minimum Gasteiger partial charge on any atom is -0.466 e. The third-order valence-electron chi connectivity index (χ3n) is 5.35. The Kier molecular flexibility index (Phi) is 9.40. The molecule has 0 heterocycles. The molecule has 0 aliphatic carbocycles. The maximum atomic E-state index is 12.5. The zero-order valence-electron chi connectivity index (χ0n) is 19.3. The fraction of sp³-hybridized carbons (Fsp3) is 0.250. The zero-order chi connectivity index (χ0) is 24.2. The summed E-state index contributed by atoms with van der Waals surface area (Å²) < 4.78 is 5.21. The number of hydrogen-bond acceptors (Lipinski definition) is 4. The highest BCUT2D eigenvalue weighted by atomic mass is 16.5. The van der Waals surface area contributed by atoms with Crippen molar-refractivity contribution >= 4 is 23.5 Å². The van der Waals surface area contributed by atoms with Gasteiger partial charge in [0.2, 0.25) is 5.91 Å². The monoisotopic (exact) mass is 458 g/mol. The summed E-state index contributed by atoms with van der Waals surface area (Å²) in [5.41, 5.74) is 3.29. The van der Waals surface area contributed by atoms with E-state index < -0.39 is 0 Å². The van der Waals surface area contributed by atoms with Crippen LogP contribution in [0.4, 0.5) is 5.69 Å². The Morgan fingerprint density at radius 1 is 0.824 bits per heavy atom. The second-order valence-electron chi connectivity index (χ2n) is 8.04. The van der Waals surface area contributed by atoms with Crippen molar-refractivity contribution in [2.24, 2.45) is 0 Å². The lowest BCUT2D eigenvalue weighted by atomic mass is 10.1. The van der Waals surface area contributed by atoms with Crippen molar-refractivity contribution < 1.29 is 19.1 Å². The van der Waals surface area contributed by atoms with Crippen molar-refractivity contribution in [1.82, 2.24) is 5.32 Å². The third kappa shape index (κ3) is 8.20. The van der Waals surface area contributed by atoms with Gasteiger partial charge in [0.15, 0.2) is 0 Å². The molecular weight excluding hydrogens is 428 g/mol. The van der Waals surface area contributed by atoms with Gasteiger partial charge in [0.1, 0.15) is 0 Å². The second-order valence-corrected chi connectivity index (χ2v) is 8.04. The fourth-order valence-electron chi connectivity index (χ4n) is 3.43. The Balaban J connectivity index is 1.35. The van der Waals surface area contributed by atoms with E-state index in [4.69, 9.17) is 4.74 Å². The first-order valence-corrected chi connectivity index (χ1v) is 11.5. The molecule has 6 heteroatoms. The van der Waals surface area contributed by atoms with Gasteiger partial charge in [-0.05, 0) is 55.2 Å². The van der Waals surface area contributed by atoms with Crippen LogP contribution in [0.3, 0.4) is 0 Å². The molecule has 34 heavy (non-hydrogen) atoms. The minimum atomic E-state index is -0.386. The summed E-state index contributed by atoms with van der Waals surface area (Å²) in [6.07, 6.45) is 1.64. The topological polar surface area (TPSA) is 84.5 Å². The molecule has 0 saturated carbocycles. The largest absolute Gasteiger partial charge is 0.466 e. The lowest BCUT2D eigenvalue weighted by Gasteiger charge is -2.14. The molecule has 0 bridgehead atoms. The van der Waals surface area contributed by atoms with Gasteiger partial charge in [-0.15, -0.1) is 0 Å². The third-order valence-corrected chi connectivity index (χ3v) is 5.35. The van der Waals surface area contributed by atoms with Gasteiger partial charge in [-0.2, -0.15) is 0 Å². The van der Waals surface area contributed by atoms with Crippen molar-refractivity contribution in [2.75, 3.05) is 11.9 Å². The summed E-state index contributed by atoms with van der Waals surface area (Å²) in [7, 11) is 0. The SMILES string of the molecule is CC(NC(=O)c1ccc(NC(=O)CCC(=O)OCCCc2ccccc2)cc1)c1ccccc1. The Bertz CT molecular complexity index is 1070. The van der Waals surface area contributed by atoms with Gasteiger partial charge < -0.3 is 15.4 Å². The van der Waals surface area contributed by atoms with Crippen LogP contribution in [0.5, 0.6) is 0 Å². The number of nitrogens with one attached hydrogen (secondary N) is 2. The van der Waals surface area contributed by atoms with E-state index >= 15 is 0 Å². The number of anilines is 1. The standard InChI is InChI=1S/C28H30N2O4/c1-21(23-12-6-3-7-13-23)29-28(33)24-14-16-25(17-15-24)30-26(31)18-19-27(32)34-20-8-11-22-9-4-2-5-10-22/h2-7,9-10,12-17,21H,8,11,18-20H2,1H3,(H,29,33)(H,30,31). The van der Waals surface area contributed by atoms with Gasteiger partial charge in [0, 0.05) is 17.7 Å². The zero-order valence-corrected chi connectivity index (χ0v) is 19.3. The van der Waals surface area contributed by atoms with Gasteiger partial charge in [-0.25, -0.2) is 0 Å². The number of rotatable bonds is 11. The molecule has 0 aliphatic rings. The van der Waals surface area contributed by atoms with Crippen LogP contribution in [0.2, 0.25) is 0 Å². The summed E-state index contributed by atoms with van der Waals surface area (Å²) >= 11 is 0. The number of carbonyl (C=O) groups is 3. The van der Waals surface area contributed by atoms with Crippen molar-refractivity contribution in [3.63, 3.8) is 0 Å².